The number of methoxy groups -OCH3 is 2. The average molecular weight is 347 g/mol. The Balaban J connectivity index is 1.68. The summed E-state index contributed by atoms with van der Waals surface area (Å²) in [5, 5.41) is 5.04. The van der Waals surface area contributed by atoms with Crippen LogP contribution in [0.1, 0.15) is 17.5 Å². The van der Waals surface area contributed by atoms with Gasteiger partial charge in [-0.3, -0.25) is 14.4 Å². The minimum Gasteiger partial charge on any atom is -0.354 e. The molecule has 0 unspecified atom stereocenters. The summed E-state index contributed by atoms with van der Waals surface area (Å²) < 4.78 is 9.90. The number of benzene rings is 1. The van der Waals surface area contributed by atoms with E-state index in [1.165, 1.54) is 14.2 Å². The van der Waals surface area contributed by atoms with Gasteiger partial charge < -0.3 is 25.0 Å². The molecule has 0 bridgehead atoms. The lowest BCUT2D eigenvalue weighted by atomic mass is 9.99. The fourth-order valence-electron chi connectivity index (χ4n) is 3.26. The molecule has 0 aromatic heterocycles. The first-order valence-corrected chi connectivity index (χ1v) is 8.14. The van der Waals surface area contributed by atoms with Crippen LogP contribution in [0.15, 0.2) is 12.1 Å². The summed E-state index contributed by atoms with van der Waals surface area (Å²) in [4.78, 5) is 37.8. The van der Waals surface area contributed by atoms with Gasteiger partial charge in [-0.25, -0.2) is 0 Å². The summed E-state index contributed by atoms with van der Waals surface area (Å²) in [6.45, 7) is 0.811. The van der Waals surface area contributed by atoms with Gasteiger partial charge in [0.25, 0.3) is 0 Å². The van der Waals surface area contributed by atoms with E-state index in [0.717, 1.165) is 36.2 Å². The Bertz CT molecular complexity index is 714. The van der Waals surface area contributed by atoms with E-state index in [9.17, 15) is 14.4 Å². The van der Waals surface area contributed by atoms with Crippen molar-refractivity contribution in [3.8, 4) is 0 Å². The molecular formula is C17H21N3O5. The first-order chi connectivity index (χ1) is 12.0. The SMILES string of the molecule is COC(CNC(=O)C(=O)Nc1cc2c3c(c1)CC(=O)N3CCC2)OC. The number of aryl methyl sites for hydroxylation is 1. The summed E-state index contributed by atoms with van der Waals surface area (Å²) in [7, 11) is 2.89. The highest BCUT2D eigenvalue weighted by molar-refractivity contribution is 6.39. The third-order valence-corrected chi connectivity index (χ3v) is 4.43. The standard InChI is InChI=1S/C17H21N3O5/c1-24-14(25-2)9-18-16(22)17(23)19-12-6-10-4-3-5-20-13(21)8-11(7-12)15(10)20/h6-7,14H,3-5,8-9H2,1-2H3,(H,18,22)(H,19,23). The number of anilines is 2. The smallest absolute Gasteiger partial charge is 0.313 e. The van der Waals surface area contributed by atoms with Crippen molar-refractivity contribution in [3.63, 3.8) is 0 Å². The zero-order valence-corrected chi connectivity index (χ0v) is 14.3. The summed E-state index contributed by atoms with van der Waals surface area (Å²) >= 11 is 0. The molecule has 0 atom stereocenters. The maximum atomic E-state index is 12.1. The third kappa shape index (κ3) is 3.49. The van der Waals surface area contributed by atoms with Crippen molar-refractivity contribution in [1.29, 1.82) is 0 Å². The van der Waals surface area contributed by atoms with Crippen molar-refractivity contribution in [2.24, 2.45) is 0 Å². The van der Waals surface area contributed by atoms with Crippen LogP contribution in [0.25, 0.3) is 0 Å². The highest BCUT2D eigenvalue weighted by Crippen LogP contribution is 2.38. The predicted molar refractivity (Wildman–Crippen MR) is 90.3 cm³/mol. The molecule has 2 heterocycles. The number of carbonyl (C=O) groups is 3. The molecule has 0 spiro atoms. The number of hydrogen-bond donors (Lipinski definition) is 2. The second-order valence-electron chi connectivity index (χ2n) is 6.03. The molecule has 1 aromatic rings. The van der Waals surface area contributed by atoms with Crippen molar-refractivity contribution >= 4 is 29.1 Å². The van der Waals surface area contributed by atoms with Crippen molar-refractivity contribution in [2.45, 2.75) is 25.6 Å². The number of carbonyl (C=O) groups excluding carboxylic acids is 3. The lowest BCUT2D eigenvalue weighted by Crippen LogP contribution is -2.40. The molecule has 3 rings (SSSR count). The Morgan fingerprint density at radius 1 is 1.20 bits per heavy atom. The molecule has 0 fully saturated rings. The largest absolute Gasteiger partial charge is 0.354 e. The van der Waals surface area contributed by atoms with E-state index in [1.54, 1.807) is 6.07 Å². The Labute approximate surface area is 145 Å². The Morgan fingerprint density at radius 2 is 1.92 bits per heavy atom. The molecule has 25 heavy (non-hydrogen) atoms. The van der Waals surface area contributed by atoms with Crippen LogP contribution in [0.2, 0.25) is 0 Å². The van der Waals surface area contributed by atoms with E-state index >= 15 is 0 Å². The number of hydrogen-bond acceptors (Lipinski definition) is 5. The zero-order chi connectivity index (χ0) is 18.0. The van der Waals surface area contributed by atoms with Crippen LogP contribution in [-0.4, -0.2) is 51.3 Å². The second-order valence-corrected chi connectivity index (χ2v) is 6.03. The topological polar surface area (TPSA) is 97.0 Å². The summed E-state index contributed by atoms with van der Waals surface area (Å²) in [6, 6.07) is 3.60. The monoisotopic (exact) mass is 347 g/mol. The van der Waals surface area contributed by atoms with Crippen LogP contribution in [0, 0.1) is 0 Å². The number of ether oxygens (including phenoxy) is 2. The summed E-state index contributed by atoms with van der Waals surface area (Å²) in [5.41, 5.74) is 3.43. The van der Waals surface area contributed by atoms with E-state index in [4.69, 9.17) is 9.47 Å². The van der Waals surface area contributed by atoms with Gasteiger partial charge in [0.1, 0.15) is 0 Å². The number of nitrogens with zero attached hydrogens (tertiary/aromatic N) is 1. The molecule has 8 heteroatoms. The Morgan fingerprint density at radius 3 is 2.64 bits per heavy atom. The molecule has 2 aliphatic heterocycles. The maximum absolute atomic E-state index is 12.1. The van der Waals surface area contributed by atoms with Crippen molar-refractivity contribution in [1.82, 2.24) is 5.32 Å². The molecule has 2 aliphatic rings. The average Bonchev–Trinajstić information content (AvgIpc) is 2.93. The fraction of sp³-hybridized carbons (Fsp3) is 0.471. The molecule has 0 aliphatic carbocycles. The van der Waals surface area contributed by atoms with Gasteiger partial charge in [0.05, 0.1) is 18.7 Å². The first kappa shape index (κ1) is 17.4. The van der Waals surface area contributed by atoms with Gasteiger partial charge in [0, 0.05) is 26.5 Å². The number of nitrogens with one attached hydrogen (secondary N) is 2. The quantitative estimate of drug-likeness (QED) is 0.586. The van der Waals surface area contributed by atoms with Crippen LogP contribution >= 0.6 is 0 Å². The molecule has 134 valence electrons. The lowest BCUT2D eigenvalue weighted by Gasteiger charge is -2.26. The van der Waals surface area contributed by atoms with Gasteiger partial charge in [-0.15, -0.1) is 0 Å². The van der Waals surface area contributed by atoms with Gasteiger partial charge in [-0.2, -0.15) is 0 Å². The number of rotatable bonds is 5. The van der Waals surface area contributed by atoms with Gasteiger partial charge in [-0.05, 0) is 36.1 Å². The minimum absolute atomic E-state index is 0.0676. The van der Waals surface area contributed by atoms with Crippen molar-refractivity contribution in [3.05, 3.63) is 23.3 Å². The van der Waals surface area contributed by atoms with Crippen molar-refractivity contribution in [2.75, 3.05) is 37.5 Å². The minimum atomic E-state index is -0.772. The Kier molecular flexibility index (Phi) is 5.00. The van der Waals surface area contributed by atoms with Crippen LogP contribution in [-0.2, 0) is 36.7 Å². The summed E-state index contributed by atoms with van der Waals surface area (Å²) in [5.74, 6) is -1.46. The second kappa shape index (κ2) is 7.20. The van der Waals surface area contributed by atoms with Crippen LogP contribution in [0.5, 0.6) is 0 Å². The van der Waals surface area contributed by atoms with Gasteiger partial charge in [0.2, 0.25) is 5.91 Å². The predicted octanol–water partition coefficient (Wildman–Crippen LogP) is 0.196. The normalized spacial score (nSPS) is 15.3. The first-order valence-electron chi connectivity index (χ1n) is 8.14. The molecule has 2 N–H and O–H groups in total. The molecule has 1 aromatic carbocycles. The third-order valence-electron chi connectivity index (χ3n) is 4.43. The van der Waals surface area contributed by atoms with Gasteiger partial charge >= 0.3 is 11.8 Å². The van der Waals surface area contributed by atoms with Crippen molar-refractivity contribution < 1.29 is 23.9 Å². The maximum Gasteiger partial charge on any atom is 0.313 e. The zero-order valence-electron chi connectivity index (χ0n) is 14.3. The van der Waals surface area contributed by atoms with E-state index in [-0.39, 0.29) is 12.5 Å². The van der Waals surface area contributed by atoms with Crippen LogP contribution in [0.3, 0.4) is 0 Å². The molecule has 3 amide bonds. The molecule has 8 nitrogen and oxygen atoms in total. The highest BCUT2D eigenvalue weighted by Gasteiger charge is 2.32. The van der Waals surface area contributed by atoms with E-state index < -0.39 is 18.1 Å². The molecule has 0 saturated heterocycles. The van der Waals surface area contributed by atoms with Gasteiger partial charge in [0.15, 0.2) is 6.29 Å². The molecule has 0 radical (unpaired) electrons. The fourth-order valence-corrected chi connectivity index (χ4v) is 3.26. The van der Waals surface area contributed by atoms with E-state index in [1.807, 2.05) is 11.0 Å². The lowest BCUT2D eigenvalue weighted by molar-refractivity contribution is -0.139. The van der Waals surface area contributed by atoms with E-state index in [2.05, 4.69) is 10.6 Å². The van der Waals surface area contributed by atoms with E-state index in [0.29, 0.717) is 12.1 Å². The summed E-state index contributed by atoms with van der Waals surface area (Å²) in [6.07, 6.45) is 1.47. The van der Waals surface area contributed by atoms with Crippen LogP contribution < -0.4 is 15.5 Å². The van der Waals surface area contributed by atoms with Gasteiger partial charge in [-0.1, -0.05) is 0 Å². The Hall–Kier alpha value is -2.45. The van der Waals surface area contributed by atoms with Crippen LogP contribution in [0.4, 0.5) is 11.4 Å². The highest BCUT2D eigenvalue weighted by atomic mass is 16.7. The number of amides is 3. The molecule has 0 saturated carbocycles. The molecular weight excluding hydrogens is 326 g/mol.